The molecule has 23 heavy (non-hydrogen) atoms. The van der Waals surface area contributed by atoms with Crippen LogP contribution in [0.5, 0.6) is 5.75 Å². The number of anilines is 1. The Bertz CT molecular complexity index is 703. The van der Waals surface area contributed by atoms with Crippen molar-refractivity contribution < 1.29 is 13.9 Å². The van der Waals surface area contributed by atoms with Gasteiger partial charge in [0.05, 0.1) is 0 Å². The van der Waals surface area contributed by atoms with Crippen molar-refractivity contribution >= 4 is 23.1 Å². The van der Waals surface area contributed by atoms with Crippen LogP contribution in [0.1, 0.15) is 22.3 Å². The lowest BCUT2D eigenvalue weighted by atomic mass is 10.1. The molecule has 0 aliphatic carbocycles. The van der Waals surface area contributed by atoms with Gasteiger partial charge in [0, 0.05) is 11.3 Å². The Morgan fingerprint density at radius 2 is 1.91 bits per heavy atom. The van der Waals surface area contributed by atoms with Crippen LogP contribution in [0.4, 0.5) is 10.1 Å². The van der Waals surface area contributed by atoms with Gasteiger partial charge in [-0.3, -0.25) is 0 Å². The number of alkyl halides is 1. The maximum absolute atomic E-state index is 12.2. The molecule has 122 valence electrons. The van der Waals surface area contributed by atoms with Gasteiger partial charge >= 0.3 is 0 Å². The molecular formula is C18H20FNO2S. The van der Waals surface area contributed by atoms with E-state index in [4.69, 9.17) is 17.0 Å². The number of halogens is 1. The molecule has 0 bridgehead atoms. The van der Waals surface area contributed by atoms with Crippen molar-refractivity contribution in [3.63, 3.8) is 0 Å². The lowest BCUT2D eigenvalue weighted by Gasteiger charge is -2.16. The summed E-state index contributed by atoms with van der Waals surface area (Å²) in [5.74, 6) is 0.840. The van der Waals surface area contributed by atoms with E-state index >= 15 is 0 Å². The summed E-state index contributed by atoms with van der Waals surface area (Å²) >= 11 is 4.94. The van der Waals surface area contributed by atoms with Gasteiger partial charge in [-0.15, -0.1) is 0 Å². The number of hydrogen-bond acceptors (Lipinski definition) is 3. The highest BCUT2D eigenvalue weighted by Crippen LogP contribution is 2.24. The van der Waals surface area contributed by atoms with Gasteiger partial charge in [-0.2, -0.15) is 0 Å². The zero-order valence-electron chi connectivity index (χ0n) is 13.5. The Kier molecular flexibility index (Phi) is 5.93. The van der Waals surface area contributed by atoms with E-state index in [0.29, 0.717) is 6.61 Å². The molecule has 0 atom stereocenters. The molecular weight excluding hydrogens is 313 g/mol. The molecule has 3 nitrogen and oxygen atoms in total. The van der Waals surface area contributed by atoms with E-state index in [2.05, 4.69) is 16.1 Å². The highest BCUT2D eigenvalue weighted by atomic mass is 32.1. The first-order valence-corrected chi connectivity index (χ1v) is 7.70. The molecule has 0 aliphatic rings. The molecule has 0 aliphatic heterocycles. The summed E-state index contributed by atoms with van der Waals surface area (Å²) < 4.78 is 22.8. The van der Waals surface area contributed by atoms with Crippen molar-refractivity contribution in [3.05, 3.63) is 58.7 Å². The largest absolute Gasteiger partial charge is 0.489 e. The van der Waals surface area contributed by atoms with Gasteiger partial charge in [-0.1, -0.05) is 29.8 Å². The molecule has 0 fully saturated rings. The minimum absolute atomic E-state index is 0.00543. The predicted octanol–water partition coefficient (Wildman–Crippen LogP) is 4.83. The van der Waals surface area contributed by atoms with Gasteiger partial charge in [-0.05, 0) is 56.2 Å². The van der Waals surface area contributed by atoms with Gasteiger partial charge in [0.1, 0.15) is 12.4 Å². The Morgan fingerprint density at radius 1 is 1.13 bits per heavy atom. The quantitative estimate of drug-likeness (QED) is 0.794. The maximum Gasteiger partial charge on any atom is 0.263 e. The summed E-state index contributed by atoms with van der Waals surface area (Å²) in [6.07, 6.45) is 0. The maximum atomic E-state index is 12.2. The zero-order valence-corrected chi connectivity index (χ0v) is 14.3. The number of hydrogen-bond donors (Lipinski definition) is 1. The van der Waals surface area contributed by atoms with E-state index in [-0.39, 0.29) is 5.17 Å². The lowest BCUT2D eigenvalue weighted by molar-refractivity contribution is 0.184. The standard InChI is InChI=1S/C18H20FNO2S/c1-12-7-8-17(14(3)9-12)21-10-15-13(2)5-4-6-16(15)20-18(23)22-11-19/h4-9H,10-11H2,1-3H3,(H,20,23). The van der Waals surface area contributed by atoms with Crippen LogP contribution in [0.25, 0.3) is 0 Å². The van der Waals surface area contributed by atoms with Gasteiger partial charge < -0.3 is 14.8 Å². The Labute approximate surface area is 141 Å². The molecule has 0 unspecified atom stereocenters. The molecule has 5 heteroatoms. The van der Waals surface area contributed by atoms with Crippen molar-refractivity contribution in [1.29, 1.82) is 0 Å². The third kappa shape index (κ3) is 4.66. The first kappa shape index (κ1) is 17.2. The minimum Gasteiger partial charge on any atom is -0.489 e. The zero-order chi connectivity index (χ0) is 16.8. The smallest absolute Gasteiger partial charge is 0.263 e. The summed E-state index contributed by atoms with van der Waals surface area (Å²) in [5, 5.41) is 2.91. The molecule has 0 spiro atoms. The molecule has 2 rings (SSSR count). The minimum atomic E-state index is -0.952. The molecule has 2 aromatic carbocycles. The molecule has 0 radical (unpaired) electrons. The Morgan fingerprint density at radius 3 is 2.61 bits per heavy atom. The van der Waals surface area contributed by atoms with Crippen LogP contribution in [0.2, 0.25) is 0 Å². The molecule has 0 saturated heterocycles. The first-order valence-electron chi connectivity index (χ1n) is 7.29. The van der Waals surface area contributed by atoms with Crippen molar-refractivity contribution in [2.75, 3.05) is 12.2 Å². The van der Waals surface area contributed by atoms with Crippen molar-refractivity contribution in [1.82, 2.24) is 0 Å². The third-order valence-corrected chi connectivity index (χ3v) is 3.75. The van der Waals surface area contributed by atoms with Crippen LogP contribution >= 0.6 is 12.2 Å². The molecule has 0 heterocycles. The molecule has 2 aromatic rings. The fourth-order valence-corrected chi connectivity index (χ4v) is 2.47. The van der Waals surface area contributed by atoms with E-state index in [1.807, 2.05) is 51.1 Å². The van der Waals surface area contributed by atoms with Gasteiger partial charge in [-0.25, -0.2) is 4.39 Å². The number of ether oxygens (including phenoxy) is 2. The normalized spacial score (nSPS) is 10.3. The third-order valence-electron chi connectivity index (χ3n) is 3.54. The van der Waals surface area contributed by atoms with Crippen molar-refractivity contribution in [2.45, 2.75) is 27.4 Å². The van der Waals surface area contributed by atoms with Crippen LogP contribution in [0.3, 0.4) is 0 Å². The molecule has 1 N–H and O–H groups in total. The highest BCUT2D eigenvalue weighted by molar-refractivity contribution is 7.80. The molecule has 0 aromatic heterocycles. The number of rotatable bonds is 5. The summed E-state index contributed by atoms with van der Waals surface area (Å²) in [7, 11) is 0. The highest BCUT2D eigenvalue weighted by Gasteiger charge is 2.09. The number of benzene rings is 2. The van der Waals surface area contributed by atoms with Crippen LogP contribution < -0.4 is 10.1 Å². The van der Waals surface area contributed by atoms with Crippen molar-refractivity contribution in [3.8, 4) is 5.75 Å². The fraction of sp³-hybridized carbons (Fsp3) is 0.278. The number of nitrogens with one attached hydrogen (secondary N) is 1. The van der Waals surface area contributed by atoms with Gasteiger partial charge in [0.25, 0.3) is 5.17 Å². The SMILES string of the molecule is Cc1ccc(OCc2c(C)cccc2NC(=S)OCF)c(C)c1. The van der Waals surface area contributed by atoms with Crippen molar-refractivity contribution in [2.24, 2.45) is 0 Å². The second-order valence-electron chi connectivity index (χ2n) is 5.32. The average Bonchev–Trinajstić information content (AvgIpc) is 2.48. The van der Waals surface area contributed by atoms with Crippen LogP contribution in [-0.4, -0.2) is 12.0 Å². The van der Waals surface area contributed by atoms with E-state index in [9.17, 15) is 4.39 Å². The second-order valence-corrected chi connectivity index (χ2v) is 5.70. The molecule has 0 amide bonds. The Hall–Kier alpha value is -2.14. The first-order chi connectivity index (χ1) is 11.0. The summed E-state index contributed by atoms with van der Waals surface area (Å²) in [6, 6.07) is 11.8. The fourth-order valence-electron chi connectivity index (χ4n) is 2.32. The van der Waals surface area contributed by atoms with E-state index in [1.165, 1.54) is 5.56 Å². The van der Waals surface area contributed by atoms with E-state index in [0.717, 1.165) is 28.1 Å². The van der Waals surface area contributed by atoms with Crippen LogP contribution in [0, 0.1) is 20.8 Å². The number of aryl methyl sites for hydroxylation is 3. The summed E-state index contributed by atoms with van der Waals surface area (Å²) in [5.41, 5.74) is 5.06. The van der Waals surface area contributed by atoms with Crippen LogP contribution in [-0.2, 0) is 11.3 Å². The van der Waals surface area contributed by atoms with E-state index < -0.39 is 6.86 Å². The van der Waals surface area contributed by atoms with Crippen LogP contribution in [0.15, 0.2) is 36.4 Å². The summed E-state index contributed by atoms with van der Waals surface area (Å²) in [6.45, 7) is 5.49. The predicted molar refractivity (Wildman–Crippen MR) is 94.7 cm³/mol. The topological polar surface area (TPSA) is 30.5 Å². The monoisotopic (exact) mass is 333 g/mol. The Balaban J connectivity index is 2.16. The number of thiocarbonyl (C=S) groups is 1. The second kappa shape index (κ2) is 7.92. The van der Waals surface area contributed by atoms with E-state index in [1.54, 1.807) is 0 Å². The average molecular weight is 333 g/mol. The summed E-state index contributed by atoms with van der Waals surface area (Å²) in [4.78, 5) is 0. The lowest BCUT2D eigenvalue weighted by Crippen LogP contribution is -2.15. The van der Waals surface area contributed by atoms with Gasteiger partial charge in [0.15, 0.2) is 0 Å². The molecule has 0 saturated carbocycles. The van der Waals surface area contributed by atoms with Gasteiger partial charge in [0.2, 0.25) is 6.86 Å².